The number of carbonyl (C=O) groups excluding carboxylic acids is 2. The summed E-state index contributed by atoms with van der Waals surface area (Å²) >= 11 is 0. The van der Waals surface area contributed by atoms with Crippen molar-refractivity contribution in [3.05, 3.63) is 71.9 Å². The molecule has 0 saturated heterocycles. The zero-order chi connectivity index (χ0) is 28.5. The van der Waals surface area contributed by atoms with Crippen molar-refractivity contribution in [2.45, 2.75) is 70.7 Å². The predicted molar refractivity (Wildman–Crippen MR) is 152 cm³/mol. The molecule has 0 bridgehead atoms. The van der Waals surface area contributed by atoms with Crippen molar-refractivity contribution < 1.29 is 23.5 Å². The van der Waals surface area contributed by atoms with Gasteiger partial charge >= 0.3 is 12.1 Å². The number of urea groups is 1. The summed E-state index contributed by atoms with van der Waals surface area (Å²) in [4.78, 5) is 29.0. The van der Waals surface area contributed by atoms with E-state index in [9.17, 15) is 9.59 Å². The number of nitrogens with one attached hydrogen (secondary N) is 3. The number of methoxy groups -OCH3 is 1. The van der Waals surface area contributed by atoms with Crippen molar-refractivity contribution in [2.75, 3.05) is 19.0 Å². The molecular formula is C30H38FN5O4. The van der Waals surface area contributed by atoms with E-state index in [1.165, 1.54) is 6.07 Å². The number of anilines is 1. The van der Waals surface area contributed by atoms with Crippen LogP contribution < -0.4 is 16.0 Å². The van der Waals surface area contributed by atoms with Crippen molar-refractivity contribution in [3.63, 3.8) is 0 Å². The fourth-order valence-electron chi connectivity index (χ4n) is 5.01. The highest BCUT2D eigenvalue weighted by Crippen LogP contribution is 2.35. The van der Waals surface area contributed by atoms with Gasteiger partial charge in [-0.15, -0.1) is 0 Å². The van der Waals surface area contributed by atoms with Crippen molar-refractivity contribution >= 4 is 17.8 Å². The fraction of sp³-hybridized carbons (Fsp3) is 0.433. The first-order valence-corrected chi connectivity index (χ1v) is 13.7. The highest BCUT2D eigenvalue weighted by Gasteiger charge is 2.28. The van der Waals surface area contributed by atoms with E-state index in [0.29, 0.717) is 36.6 Å². The van der Waals surface area contributed by atoms with Crippen LogP contribution in [0.15, 0.2) is 54.7 Å². The Hall–Kier alpha value is -3.92. The average molecular weight is 552 g/mol. The van der Waals surface area contributed by atoms with Crippen LogP contribution in [0, 0.1) is 5.82 Å². The van der Waals surface area contributed by atoms with Gasteiger partial charge in [-0.05, 0) is 63.3 Å². The van der Waals surface area contributed by atoms with Crippen LogP contribution >= 0.6 is 0 Å². The van der Waals surface area contributed by atoms with Crippen molar-refractivity contribution in [3.8, 4) is 11.3 Å². The number of hydrogen-bond acceptors (Lipinski definition) is 5. The van der Waals surface area contributed by atoms with Crippen LogP contribution in [0.2, 0.25) is 0 Å². The lowest BCUT2D eigenvalue weighted by molar-refractivity contribution is 0.109. The van der Waals surface area contributed by atoms with Crippen LogP contribution in [0.4, 0.5) is 19.7 Å². The minimum atomic E-state index is -0.456. The summed E-state index contributed by atoms with van der Waals surface area (Å²) in [5.41, 5.74) is 2.39. The summed E-state index contributed by atoms with van der Waals surface area (Å²) in [6.45, 7) is 5.00. The predicted octanol–water partition coefficient (Wildman–Crippen LogP) is 5.82. The molecular weight excluding hydrogens is 513 g/mol. The molecule has 3 N–H and O–H groups in total. The molecule has 1 fully saturated rings. The molecule has 4 rings (SSSR count). The molecule has 214 valence electrons. The van der Waals surface area contributed by atoms with Crippen LogP contribution in [0.25, 0.3) is 11.3 Å². The smallest absolute Gasteiger partial charge is 0.407 e. The first kappa shape index (κ1) is 29.1. The molecule has 1 aliphatic rings. The first-order valence-electron chi connectivity index (χ1n) is 13.7. The summed E-state index contributed by atoms with van der Waals surface area (Å²) in [5.74, 6) is 0.613. The quantitative estimate of drug-likeness (QED) is 0.295. The van der Waals surface area contributed by atoms with Crippen LogP contribution in [0.3, 0.4) is 0 Å². The lowest BCUT2D eigenvalue weighted by Gasteiger charge is -2.29. The number of alkyl carbamates (subject to hydrolysis) is 1. The van der Waals surface area contributed by atoms with Gasteiger partial charge in [-0.2, -0.15) is 0 Å². The maximum Gasteiger partial charge on any atom is 0.407 e. The van der Waals surface area contributed by atoms with Crippen molar-refractivity contribution in [1.29, 1.82) is 0 Å². The SMILES string of the molecule is COCCn1c(-c2ccc(NC(=O)NCc3ccccc3)cc2F)cnc1[C@H]1CC[C@H](NC(=O)OC(C)C)CC1. The number of amides is 3. The average Bonchev–Trinajstić information content (AvgIpc) is 3.34. The van der Waals surface area contributed by atoms with Gasteiger partial charge < -0.3 is 30.0 Å². The Balaban J connectivity index is 1.42. The molecule has 9 nitrogen and oxygen atoms in total. The van der Waals surface area contributed by atoms with Gasteiger partial charge in [-0.1, -0.05) is 30.3 Å². The Kier molecular flexibility index (Phi) is 10.1. The van der Waals surface area contributed by atoms with E-state index < -0.39 is 11.8 Å². The van der Waals surface area contributed by atoms with Gasteiger partial charge in [-0.25, -0.2) is 19.0 Å². The number of nitrogens with zero attached hydrogens (tertiary/aromatic N) is 2. The molecule has 40 heavy (non-hydrogen) atoms. The van der Waals surface area contributed by atoms with Crippen molar-refractivity contribution in [1.82, 2.24) is 20.2 Å². The van der Waals surface area contributed by atoms with Crippen molar-refractivity contribution in [2.24, 2.45) is 0 Å². The van der Waals surface area contributed by atoms with Gasteiger partial charge in [0.25, 0.3) is 0 Å². The largest absolute Gasteiger partial charge is 0.447 e. The third kappa shape index (κ3) is 7.81. The summed E-state index contributed by atoms with van der Waals surface area (Å²) in [6.07, 6.45) is 4.47. The molecule has 0 atom stereocenters. The van der Waals surface area contributed by atoms with Crippen LogP contribution in [0.5, 0.6) is 0 Å². The fourth-order valence-corrected chi connectivity index (χ4v) is 5.01. The summed E-state index contributed by atoms with van der Waals surface area (Å²) in [5, 5.41) is 8.42. The number of rotatable bonds is 10. The molecule has 0 radical (unpaired) electrons. The summed E-state index contributed by atoms with van der Waals surface area (Å²) in [7, 11) is 1.63. The minimum Gasteiger partial charge on any atom is -0.447 e. The summed E-state index contributed by atoms with van der Waals surface area (Å²) < 4.78 is 27.9. The van der Waals surface area contributed by atoms with E-state index in [1.807, 2.05) is 48.7 Å². The molecule has 1 heterocycles. The molecule has 3 amide bonds. The lowest BCUT2D eigenvalue weighted by atomic mass is 9.85. The monoisotopic (exact) mass is 551 g/mol. The first-order chi connectivity index (χ1) is 19.3. The zero-order valence-electron chi connectivity index (χ0n) is 23.3. The van der Waals surface area contributed by atoms with E-state index in [2.05, 4.69) is 16.0 Å². The standard InChI is InChI=1S/C30H38FN5O4/c1-20(2)40-30(38)35-23-11-9-22(10-12-23)28-32-19-27(36(28)15-16-39-3)25-14-13-24(17-26(25)31)34-29(37)33-18-21-7-5-4-6-8-21/h4-8,13-14,17,19-20,22-23H,9-12,15-16,18H2,1-3H3,(H,35,38)(H2,33,34,37)/t22-,23-. The second-order valence-electron chi connectivity index (χ2n) is 10.3. The Bertz CT molecular complexity index is 1270. The van der Waals surface area contributed by atoms with E-state index in [1.54, 1.807) is 25.4 Å². The molecule has 0 aliphatic heterocycles. The number of benzene rings is 2. The van der Waals surface area contributed by atoms with Gasteiger partial charge in [0.2, 0.25) is 0 Å². The number of halogens is 1. The molecule has 10 heteroatoms. The number of imidazole rings is 1. The van der Waals surface area contributed by atoms with Gasteiger partial charge in [0.1, 0.15) is 11.6 Å². The van der Waals surface area contributed by atoms with Crippen LogP contribution in [-0.2, 0) is 22.6 Å². The topological polar surface area (TPSA) is 107 Å². The van der Waals surface area contributed by atoms with Crippen LogP contribution in [0.1, 0.15) is 56.8 Å². The van der Waals surface area contributed by atoms with E-state index >= 15 is 4.39 Å². The van der Waals surface area contributed by atoms with Gasteiger partial charge in [0, 0.05) is 43.4 Å². The number of carbonyl (C=O) groups is 2. The molecule has 1 aliphatic carbocycles. The third-order valence-corrected chi connectivity index (χ3v) is 6.96. The molecule has 1 saturated carbocycles. The van der Waals surface area contributed by atoms with Gasteiger partial charge in [0.05, 0.1) is 24.6 Å². The molecule has 1 aromatic heterocycles. The molecule has 0 unspecified atom stereocenters. The van der Waals surface area contributed by atoms with E-state index in [4.69, 9.17) is 14.5 Å². The number of ether oxygens (including phenoxy) is 2. The highest BCUT2D eigenvalue weighted by molar-refractivity contribution is 5.89. The normalized spacial score (nSPS) is 16.9. The van der Waals surface area contributed by atoms with Crippen LogP contribution in [-0.4, -0.2) is 47.5 Å². The Labute approximate surface area is 234 Å². The maximum atomic E-state index is 15.4. The second-order valence-corrected chi connectivity index (χ2v) is 10.3. The minimum absolute atomic E-state index is 0.0618. The summed E-state index contributed by atoms with van der Waals surface area (Å²) in [6, 6.07) is 13.9. The van der Waals surface area contributed by atoms with E-state index in [0.717, 1.165) is 37.1 Å². The van der Waals surface area contributed by atoms with E-state index in [-0.39, 0.29) is 24.2 Å². The number of aromatic nitrogens is 2. The molecule has 3 aromatic rings. The molecule has 0 spiro atoms. The second kappa shape index (κ2) is 13.9. The zero-order valence-corrected chi connectivity index (χ0v) is 23.3. The Morgan fingerprint density at radius 1 is 1.10 bits per heavy atom. The molecule has 2 aromatic carbocycles. The lowest BCUT2D eigenvalue weighted by Crippen LogP contribution is -2.38. The van der Waals surface area contributed by atoms with Gasteiger partial charge in [-0.3, -0.25) is 0 Å². The Morgan fingerprint density at radius 2 is 1.85 bits per heavy atom. The van der Waals surface area contributed by atoms with Gasteiger partial charge in [0.15, 0.2) is 0 Å². The Morgan fingerprint density at radius 3 is 2.52 bits per heavy atom. The maximum absolute atomic E-state index is 15.4. The number of hydrogen-bond donors (Lipinski definition) is 3. The third-order valence-electron chi connectivity index (χ3n) is 6.96. The highest BCUT2D eigenvalue weighted by atomic mass is 19.1.